The predicted molar refractivity (Wildman–Crippen MR) is 90.5 cm³/mol. The predicted octanol–water partition coefficient (Wildman–Crippen LogP) is 3.00. The molecule has 1 fully saturated rings. The summed E-state index contributed by atoms with van der Waals surface area (Å²) in [5.74, 6) is 0.783. The minimum Gasteiger partial charge on any atom is -0.402 e. The summed E-state index contributed by atoms with van der Waals surface area (Å²) in [5, 5.41) is 4.35. The molecule has 0 spiro atoms. The molecule has 1 heterocycles. The van der Waals surface area contributed by atoms with Crippen LogP contribution in [0.2, 0.25) is 0 Å². The third-order valence-electron chi connectivity index (χ3n) is 3.13. The maximum absolute atomic E-state index is 6.00. The Morgan fingerprint density at radius 1 is 1.63 bits per heavy atom. The summed E-state index contributed by atoms with van der Waals surface area (Å²) in [4.78, 5) is 4.61. The Hall–Kier alpha value is -0.370. The number of rotatable bonds is 5. The lowest BCUT2D eigenvalue weighted by Gasteiger charge is -2.08. The first-order valence-corrected chi connectivity index (χ1v) is 8.18. The van der Waals surface area contributed by atoms with Gasteiger partial charge in [-0.25, -0.2) is 0 Å². The molecule has 1 aromatic rings. The molecule has 0 aliphatic heterocycles. The van der Waals surface area contributed by atoms with Gasteiger partial charge in [-0.05, 0) is 64.2 Å². The molecule has 19 heavy (non-hydrogen) atoms. The molecule has 0 amide bonds. The highest BCUT2D eigenvalue weighted by Gasteiger charge is 2.21. The molecule has 0 atom stereocenters. The van der Waals surface area contributed by atoms with E-state index in [0.717, 1.165) is 38.5 Å². The normalized spacial score (nSPS) is 17.6. The quantitative estimate of drug-likeness (QED) is 0.569. The molecule has 4 nitrogen and oxygen atoms in total. The number of nitrogens with zero attached hydrogens (tertiary/aromatic N) is 3. The van der Waals surface area contributed by atoms with Gasteiger partial charge in [0.15, 0.2) is 0 Å². The van der Waals surface area contributed by atoms with Crippen molar-refractivity contribution in [2.45, 2.75) is 26.2 Å². The van der Waals surface area contributed by atoms with Crippen LogP contribution in [0, 0.1) is 9.62 Å². The molecule has 0 aromatic carbocycles. The maximum Gasteiger partial charge on any atom is 0.126 e. The zero-order valence-corrected chi connectivity index (χ0v) is 14.9. The third kappa shape index (κ3) is 4.30. The first kappa shape index (κ1) is 15.0. The monoisotopic (exact) mass is 436 g/mol. The SMILES string of the molecule is CC(N)=C(Cc1cn(C)nc1I)C(Br)=NCC1CC1. The van der Waals surface area contributed by atoms with Crippen LogP contribution < -0.4 is 5.73 Å². The molecule has 6 heteroatoms. The molecule has 1 aliphatic rings. The molecule has 0 unspecified atom stereocenters. The molecular formula is C13H18BrIN4. The van der Waals surface area contributed by atoms with E-state index in [1.807, 2.05) is 24.9 Å². The van der Waals surface area contributed by atoms with Crippen LogP contribution in [0.15, 0.2) is 22.5 Å². The van der Waals surface area contributed by atoms with Gasteiger partial charge in [-0.2, -0.15) is 5.10 Å². The van der Waals surface area contributed by atoms with Crippen molar-refractivity contribution in [1.82, 2.24) is 9.78 Å². The molecule has 0 saturated heterocycles. The van der Waals surface area contributed by atoms with Gasteiger partial charge in [-0.15, -0.1) is 0 Å². The van der Waals surface area contributed by atoms with E-state index in [9.17, 15) is 0 Å². The summed E-state index contributed by atoms with van der Waals surface area (Å²) in [6, 6.07) is 0. The van der Waals surface area contributed by atoms with Crippen molar-refractivity contribution in [3.8, 4) is 0 Å². The number of aliphatic imine (C=N–C) groups is 1. The lowest BCUT2D eigenvalue weighted by Crippen LogP contribution is -2.08. The van der Waals surface area contributed by atoms with Crippen LogP contribution in [0.4, 0.5) is 0 Å². The highest BCUT2D eigenvalue weighted by molar-refractivity contribution is 14.1. The zero-order chi connectivity index (χ0) is 14.0. The van der Waals surface area contributed by atoms with Gasteiger partial charge in [0.1, 0.15) is 8.32 Å². The minimum atomic E-state index is 0.767. The van der Waals surface area contributed by atoms with Gasteiger partial charge < -0.3 is 5.73 Å². The number of aryl methyl sites for hydroxylation is 1. The largest absolute Gasteiger partial charge is 0.402 e. The van der Waals surface area contributed by atoms with Crippen LogP contribution in [0.25, 0.3) is 0 Å². The number of aromatic nitrogens is 2. The van der Waals surface area contributed by atoms with Crippen molar-refractivity contribution in [2.24, 2.45) is 23.7 Å². The number of hydrogen-bond acceptors (Lipinski definition) is 3. The van der Waals surface area contributed by atoms with E-state index in [-0.39, 0.29) is 0 Å². The Morgan fingerprint density at radius 2 is 2.32 bits per heavy atom. The van der Waals surface area contributed by atoms with E-state index < -0.39 is 0 Å². The van der Waals surface area contributed by atoms with Crippen LogP contribution in [0.1, 0.15) is 25.3 Å². The summed E-state index contributed by atoms with van der Waals surface area (Å²) >= 11 is 5.83. The summed E-state index contributed by atoms with van der Waals surface area (Å²) in [7, 11) is 1.93. The van der Waals surface area contributed by atoms with Crippen LogP contribution in [0.3, 0.4) is 0 Å². The Bertz CT molecular complexity index is 525. The minimum absolute atomic E-state index is 0.767. The van der Waals surface area contributed by atoms with Gasteiger partial charge in [-0.1, -0.05) is 0 Å². The topological polar surface area (TPSA) is 56.2 Å². The van der Waals surface area contributed by atoms with Gasteiger partial charge in [0.2, 0.25) is 0 Å². The fraction of sp³-hybridized carbons (Fsp3) is 0.538. The summed E-state index contributed by atoms with van der Waals surface area (Å²) in [5.41, 5.74) is 9.06. The van der Waals surface area contributed by atoms with Crippen molar-refractivity contribution in [2.75, 3.05) is 6.54 Å². The van der Waals surface area contributed by atoms with Crippen LogP contribution in [-0.2, 0) is 13.5 Å². The zero-order valence-electron chi connectivity index (χ0n) is 11.2. The molecule has 2 rings (SSSR count). The van der Waals surface area contributed by atoms with E-state index in [0.29, 0.717) is 0 Å². The van der Waals surface area contributed by atoms with Crippen LogP contribution in [0.5, 0.6) is 0 Å². The van der Waals surface area contributed by atoms with E-state index in [1.54, 1.807) is 0 Å². The maximum atomic E-state index is 6.00. The second-order valence-electron chi connectivity index (χ2n) is 5.03. The van der Waals surface area contributed by atoms with Crippen molar-refractivity contribution < 1.29 is 0 Å². The lowest BCUT2D eigenvalue weighted by molar-refractivity contribution is 0.759. The Balaban J connectivity index is 2.14. The lowest BCUT2D eigenvalue weighted by atomic mass is 10.1. The molecule has 2 N–H and O–H groups in total. The smallest absolute Gasteiger partial charge is 0.126 e. The second-order valence-corrected chi connectivity index (χ2v) is 6.80. The van der Waals surface area contributed by atoms with Gasteiger partial charge in [0.25, 0.3) is 0 Å². The number of allylic oxidation sites excluding steroid dienone is 2. The molecule has 1 saturated carbocycles. The number of nitrogens with two attached hydrogens (primary N) is 1. The van der Waals surface area contributed by atoms with E-state index in [4.69, 9.17) is 5.73 Å². The molecule has 1 aromatic heterocycles. The average Bonchev–Trinajstić information content (AvgIpc) is 3.09. The third-order valence-corrected chi connectivity index (χ3v) is 4.77. The van der Waals surface area contributed by atoms with Gasteiger partial charge in [0, 0.05) is 43.0 Å². The summed E-state index contributed by atoms with van der Waals surface area (Å²) in [6.45, 7) is 2.83. The fourth-order valence-corrected chi connectivity index (χ4v) is 3.07. The number of hydrogen-bond donors (Lipinski definition) is 1. The summed E-state index contributed by atoms with van der Waals surface area (Å²) in [6.07, 6.45) is 5.42. The van der Waals surface area contributed by atoms with Crippen molar-refractivity contribution >= 4 is 43.1 Å². The molecule has 1 aliphatic carbocycles. The molecule has 104 valence electrons. The van der Waals surface area contributed by atoms with Gasteiger partial charge >= 0.3 is 0 Å². The Morgan fingerprint density at radius 3 is 2.79 bits per heavy atom. The van der Waals surface area contributed by atoms with E-state index in [1.165, 1.54) is 18.4 Å². The first-order chi connectivity index (χ1) is 8.97. The van der Waals surface area contributed by atoms with Crippen LogP contribution >= 0.6 is 38.5 Å². The van der Waals surface area contributed by atoms with Crippen LogP contribution in [-0.4, -0.2) is 20.9 Å². The Kier molecular flexibility index (Phi) is 5.05. The highest BCUT2D eigenvalue weighted by atomic mass is 127. The molecule has 0 radical (unpaired) electrons. The standard InChI is InChI=1S/C13H18BrIN4/c1-8(16)11(12(14)17-6-9-3-4-9)5-10-7-19(2)18-13(10)15/h7,9H,3-6,16H2,1-2H3. The Labute approximate surface area is 135 Å². The van der Waals surface area contributed by atoms with E-state index >= 15 is 0 Å². The van der Waals surface area contributed by atoms with Crippen molar-refractivity contribution in [3.63, 3.8) is 0 Å². The average molecular weight is 437 g/mol. The van der Waals surface area contributed by atoms with E-state index in [2.05, 4.69) is 48.6 Å². The number of halogens is 2. The highest BCUT2D eigenvalue weighted by Crippen LogP contribution is 2.29. The first-order valence-electron chi connectivity index (χ1n) is 6.31. The fourth-order valence-electron chi connectivity index (χ4n) is 1.80. The molecule has 0 bridgehead atoms. The summed E-state index contributed by atoms with van der Waals surface area (Å²) < 4.78 is 3.73. The molecular weight excluding hydrogens is 419 g/mol. The van der Waals surface area contributed by atoms with Crippen molar-refractivity contribution in [1.29, 1.82) is 0 Å². The van der Waals surface area contributed by atoms with Gasteiger partial charge in [-0.3, -0.25) is 9.67 Å². The van der Waals surface area contributed by atoms with Crippen molar-refractivity contribution in [3.05, 3.63) is 26.7 Å². The second kappa shape index (κ2) is 6.39. The van der Waals surface area contributed by atoms with Gasteiger partial charge in [0.05, 0.1) is 0 Å².